The number of carboxylic acid groups (broad SMARTS) is 1. The molecule has 5 nitrogen and oxygen atoms in total. The smallest absolute Gasteiger partial charge is 0.416 e. The predicted octanol–water partition coefficient (Wildman–Crippen LogP) is 6.21. The molecule has 178 valence electrons. The van der Waals surface area contributed by atoms with Crippen LogP contribution in [0.1, 0.15) is 30.0 Å². The largest absolute Gasteiger partial charge is 0.490 e. The van der Waals surface area contributed by atoms with Crippen LogP contribution < -0.4 is 4.74 Å². The SMILES string of the molecule is CC/C(=N\OCCOc1cccc(CC(=O)O)c1)c1ccc(-c2ccc(C(F)(F)F)cc2)cc1. The van der Waals surface area contributed by atoms with Gasteiger partial charge in [0.25, 0.3) is 0 Å². The highest BCUT2D eigenvalue weighted by atomic mass is 19.4. The van der Waals surface area contributed by atoms with E-state index in [1.807, 2.05) is 31.2 Å². The molecule has 0 atom stereocenters. The molecule has 0 saturated heterocycles. The van der Waals surface area contributed by atoms with Gasteiger partial charge in [0.05, 0.1) is 17.7 Å². The van der Waals surface area contributed by atoms with Crippen LogP contribution in [0.15, 0.2) is 78.0 Å². The number of benzene rings is 3. The number of oxime groups is 1. The van der Waals surface area contributed by atoms with Gasteiger partial charge in [0.2, 0.25) is 0 Å². The summed E-state index contributed by atoms with van der Waals surface area (Å²) in [6.45, 7) is 2.39. The topological polar surface area (TPSA) is 68.1 Å². The summed E-state index contributed by atoms with van der Waals surface area (Å²) in [6, 6.07) is 19.3. The molecule has 1 N–H and O–H groups in total. The second kappa shape index (κ2) is 11.4. The fourth-order valence-electron chi connectivity index (χ4n) is 3.27. The minimum atomic E-state index is -4.36. The third-order valence-electron chi connectivity index (χ3n) is 4.97. The molecule has 0 aromatic heterocycles. The van der Waals surface area contributed by atoms with Gasteiger partial charge in [0, 0.05) is 0 Å². The number of carboxylic acids is 1. The van der Waals surface area contributed by atoms with Crippen molar-refractivity contribution in [2.45, 2.75) is 25.9 Å². The minimum Gasteiger partial charge on any atom is -0.490 e. The minimum absolute atomic E-state index is 0.0739. The van der Waals surface area contributed by atoms with Crippen LogP contribution in [-0.2, 0) is 22.2 Å². The molecule has 3 rings (SSSR count). The van der Waals surface area contributed by atoms with E-state index in [4.69, 9.17) is 14.7 Å². The first-order chi connectivity index (χ1) is 16.3. The third-order valence-corrected chi connectivity index (χ3v) is 4.97. The summed E-state index contributed by atoms with van der Waals surface area (Å²) in [6.07, 6.45) is -3.81. The lowest BCUT2D eigenvalue weighted by Crippen LogP contribution is -2.07. The highest BCUT2D eigenvalue weighted by Gasteiger charge is 2.29. The van der Waals surface area contributed by atoms with E-state index < -0.39 is 17.7 Å². The molecule has 34 heavy (non-hydrogen) atoms. The van der Waals surface area contributed by atoms with Crippen LogP contribution in [0.5, 0.6) is 5.75 Å². The molecule has 8 heteroatoms. The van der Waals surface area contributed by atoms with Crippen LogP contribution in [0.2, 0.25) is 0 Å². The highest BCUT2D eigenvalue weighted by molar-refractivity contribution is 6.00. The molecular weight excluding hydrogens is 447 g/mol. The Morgan fingerprint density at radius 2 is 1.59 bits per heavy atom. The Kier molecular flexibility index (Phi) is 8.29. The molecule has 0 aliphatic carbocycles. The lowest BCUT2D eigenvalue weighted by Gasteiger charge is -2.09. The first-order valence-electron chi connectivity index (χ1n) is 10.7. The van der Waals surface area contributed by atoms with Gasteiger partial charge in [-0.25, -0.2) is 0 Å². The van der Waals surface area contributed by atoms with E-state index in [0.717, 1.165) is 29.0 Å². The number of alkyl halides is 3. The molecule has 3 aromatic carbocycles. The van der Waals surface area contributed by atoms with Gasteiger partial charge < -0.3 is 14.7 Å². The summed E-state index contributed by atoms with van der Waals surface area (Å²) >= 11 is 0. The zero-order chi connectivity index (χ0) is 24.6. The van der Waals surface area contributed by atoms with E-state index in [9.17, 15) is 18.0 Å². The average Bonchev–Trinajstić information content (AvgIpc) is 2.81. The molecule has 0 radical (unpaired) electrons. The van der Waals surface area contributed by atoms with Crippen LogP contribution in [0.4, 0.5) is 13.2 Å². The number of rotatable bonds is 10. The molecule has 0 unspecified atom stereocenters. The van der Waals surface area contributed by atoms with Gasteiger partial charge in [0.1, 0.15) is 12.4 Å². The first-order valence-corrected chi connectivity index (χ1v) is 10.7. The number of hydrogen-bond acceptors (Lipinski definition) is 4. The average molecular weight is 471 g/mol. The summed E-state index contributed by atoms with van der Waals surface area (Å²) in [7, 11) is 0. The van der Waals surface area contributed by atoms with Crippen molar-refractivity contribution in [3.8, 4) is 16.9 Å². The van der Waals surface area contributed by atoms with Crippen molar-refractivity contribution in [3.63, 3.8) is 0 Å². The van der Waals surface area contributed by atoms with Crippen molar-refractivity contribution in [2.75, 3.05) is 13.2 Å². The van der Waals surface area contributed by atoms with E-state index >= 15 is 0 Å². The Bertz CT molecular complexity index is 1120. The second-order valence-electron chi connectivity index (χ2n) is 7.44. The lowest BCUT2D eigenvalue weighted by atomic mass is 10.0. The predicted molar refractivity (Wildman–Crippen MR) is 123 cm³/mol. The summed E-state index contributed by atoms with van der Waals surface area (Å²) in [5.41, 5.74) is 3.03. The monoisotopic (exact) mass is 471 g/mol. The van der Waals surface area contributed by atoms with E-state index in [1.54, 1.807) is 24.3 Å². The molecule has 0 heterocycles. The summed E-state index contributed by atoms with van der Waals surface area (Å²) < 4.78 is 43.8. The molecule has 3 aromatic rings. The maximum absolute atomic E-state index is 12.7. The molecule has 0 aliphatic heterocycles. The Balaban J connectivity index is 1.54. The highest BCUT2D eigenvalue weighted by Crippen LogP contribution is 2.31. The van der Waals surface area contributed by atoms with Crippen molar-refractivity contribution < 1.29 is 32.6 Å². The molecule has 0 aliphatic rings. The molecule has 0 amide bonds. The third kappa shape index (κ3) is 7.10. The number of nitrogens with zero attached hydrogens (tertiary/aromatic N) is 1. The van der Waals surface area contributed by atoms with Crippen LogP contribution >= 0.6 is 0 Å². The van der Waals surface area contributed by atoms with Gasteiger partial charge in [-0.1, -0.05) is 60.6 Å². The van der Waals surface area contributed by atoms with E-state index in [0.29, 0.717) is 23.3 Å². The first kappa shape index (κ1) is 24.8. The van der Waals surface area contributed by atoms with E-state index in [2.05, 4.69) is 5.16 Å². The van der Waals surface area contributed by atoms with Gasteiger partial charge in [0.15, 0.2) is 6.61 Å². The number of aliphatic carboxylic acids is 1. The number of halogens is 3. The van der Waals surface area contributed by atoms with Crippen LogP contribution in [0.25, 0.3) is 11.1 Å². The van der Waals surface area contributed by atoms with Gasteiger partial charge in [-0.3, -0.25) is 4.79 Å². The Morgan fingerprint density at radius 1 is 0.941 bits per heavy atom. The van der Waals surface area contributed by atoms with Crippen molar-refractivity contribution in [2.24, 2.45) is 5.16 Å². The Labute approximate surface area is 195 Å². The van der Waals surface area contributed by atoms with E-state index in [-0.39, 0.29) is 19.6 Å². The summed E-state index contributed by atoms with van der Waals surface area (Å²) in [5.74, 6) is -0.352. The van der Waals surface area contributed by atoms with Gasteiger partial charge in [-0.05, 0) is 52.9 Å². The number of hydrogen-bond donors (Lipinski definition) is 1. The quantitative estimate of drug-likeness (QED) is 0.217. The van der Waals surface area contributed by atoms with Crippen molar-refractivity contribution >= 4 is 11.7 Å². The van der Waals surface area contributed by atoms with E-state index in [1.165, 1.54) is 12.1 Å². The van der Waals surface area contributed by atoms with Crippen molar-refractivity contribution in [3.05, 3.63) is 89.5 Å². The lowest BCUT2D eigenvalue weighted by molar-refractivity contribution is -0.138. The van der Waals surface area contributed by atoms with Gasteiger partial charge in [-0.15, -0.1) is 0 Å². The standard InChI is InChI=1S/C26H24F3NO4/c1-2-24(30-34-15-14-33-23-5-3-4-18(16-23)17-25(31)32)21-8-6-19(7-9-21)20-10-12-22(13-11-20)26(27,28)29/h3-13,16H,2,14-15,17H2,1H3,(H,31,32)/b30-24+. The summed E-state index contributed by atoms with van der Waals surface area (Å²) in [5, 5.41) is 13.0. The zero-order valence-electron chi connectivity index (χ0n) is 18.5. The maximum Gasteiger partial charge on any atom is 0.416 e. The Hall–Kier alpha value is -3.81. The molecule has 0 bridgehead atoms. The maximum atomic E-state index is 12.7. The van der Waals surface area contributed by atoms with Crippen molar-refractivity contribution in [1.29, 1.82) is 0 Å². The molecule has 0 fully saturated rings. The number of carbonyl (C=O) groups is 1. The van der Waals surface area contributed by atoms with Gasteiger partial charge in [-0.2, -0.15) is 13.2 Å². The zero-order valence-corrected chi connectivity index (χ0v) is 18.5. The molecule has 0 spiro atoms. The second-order valence-corrected chi connectivity index (χ2v) is 7.44. The summed E-state index contributed by atoms with van der Waals surface area (Å²) in [4.78, 5) is 16.2. The van der Waals surface area contributed by atoms with Crippen LogP contribution in [0.3, 0.4) is 0 Å². The molecule has 0 saturated carbocycles. The van der Waals surface area contributed by atoms with Crippen LogP contribution in [-0.4, -0.2) is 30.0 Å². The normalized spacial score (nSPS) is 11.8. The van der Waals surface area contributed by atoms with Crippen LogP contribution in [0, 0.1) is 0 Å². The fourth-order valence-corrected chi connectivity index (χ4v) is 3.27. The molecular formula is C26H24F3NO4. The number of ether oxygens (including phenoxy) is 1. The van der Waals surface area contributed by atoms with Crippen molar-refractivity contribution in [1.82, 2.24) is 0 Å². The Morgan fingerprint density at radius 3 is 2.18 bits per heavy atom. The fraction of sp³-hybridized carbons (Fsp3) is 0.231. The van der Waals surface area contributed by atoms with Gasteiger partial charge >= 0.3 is 12.1 Å².